The van der Waals surface area contributed by atoms with Gasteiger partial charge in [0.1, 0.15) is 0 Å². The molecule has 8 heavy (non-hydrogen) atoms. The van der Waals surface area contributed by atoms with Crippen LogP contribution in [0.2, 0.25) is 0 Å². The van der Waals surface area contributed by atoms with Crippen molar-refractivity contribution in [2.45, 2.75) is 20.8 Å². The molecular weight excluding hydrogens is 96.1 g/mol. The Morgan fingerprint density at radius 2 is 2.00 bits per heavy atom. The molecule has 0 unspecified atom stereocenters. The van der Waals surface area contributed by atoms with Gasteiger partial charge < -0.3 is 0 Å². The monoisotopic (exact) mass is 110 g/mol. The van der Waals surface area contributed by atoms with Crippen LogP contribution in [0.4, 0.5) is 0 Å². The predicted octanol–water partition coefficient (Wildman–Crippen LogP) is 2.77. The van der Waals surface area contributed by atoms with Crippen LogP contribution in [0, 0.1) is 5.92 Å². The first kappa shape index (κ1) is 7.48. The van der Waals surface area contributed by atoms with Crippen molar-refractivity contribution in [2.24, 2.45) is 5.92 Å². The van der Waals surface area contributed by atoms with Crippen LogP contribution in [-0.4, -0.2) is 0 Å². The largest absolute Gasteiger partial charge is 0.0961 e. The molecule has 0 aliphatic carbocycles. The number of hydrogen-bond acceptors (Lipinski definition) is 0. The summed E-state index contributed by atoms with van der Waals surface area (Å²) in [6, 6.07) is 0. The zero-order valence-corrected chi connectivity index (χ0v) is 5.94. The second-order valence-corrected chi connectivity index (χ2v) is 2.45. The number of rotatable bonds is 2. The van der Waals surface area contributed by atoms with Gasteiger partial charge in [-0.05, 0) is 12.8 Å². The second-order valence-electron chi connectivity index (χ2n) is 2.45. The lowest BCUT2D eigenvalue weighted by Crippen LogP contribution is -1.76. The van der Waals surface area contributed by atoms with Gasteiger partial charge in [0.15, 0.2) is 0 Å². The number of allylic oxidation sites excluding steroid dienone is 3. The van der Waals surface area contributed by atoms with Gasteiger partial charge in [0.2, 0.25) is 0 Å². The summed E-state index contributed by atoms with van der Waals surface area (Å²) in [5.74, 6) is 0.645. The van der Waals surface area contributed by atoms with Crippen molar-refractivity contribution in [2.75, 3.05) is 0 Å². The Morgan fingerprint density at radius 3 is 2.12 bits per heavy atom. The van der Waals surface area contributed by atoms with Gasteiger partial charge in [-0.2, -0.15) is 0 Å². The molecule has 0 nitrogen and oxygen atoms in total. The Labute approximate surface area is 51.9 Å². The summed E-state index contributed by atoms with van der Waals surface area (Å²) in [5.41, 5.74) is 1.12. The van der Waals surface area contributed by atoms with Gasteiger partial charge in [-0.3, -0.25) is 0 Å². The van der Waals surface area contributed by atoms with Gasteiger partial charge in [0, 0.05) is 0 Å². The maximum atomic E-state index is 3.74. The fraction of sp³-hybridized carbons (Fsp3) is 0.500. The molecule has 0 atom stereocenters. The summed E-state index contributed by atoms with van der Waals surface area (Å²) in [7, 11) is 0. The molecule has 0 bridgehead atoms. The molecule has 0 aliphatic rings. The lowest BCUT2D eigenvalue weighted by molar-refractivity contribution is 0.831. The van der Waals surface area contributed by atoms with Crippen LogP contribution in [0.15, 0.2) is 24.3 Å². The highest BCUT2D eigenvalue weighted by Gasteiger charge is 1.80. The summed E-state index contributed by atoms with van der Waals surface area (Å²) in [6.45, 7) is 10.0. The Kier molecular flexibility index (Phi) is 3.25. The fourth-order valence-electron chi connectivity index (χ4n) is 0.357. The van der Waals surface area contributed by atoms with Crippen molar-refractivity contribution < 1.29 is 0 Å². The van der Waals surface area contributed by atoms with E-state index in [1.807, 2.05) is 13.0 Å². The molecule has 0 aliphatic heterocycles. The molecule has 0 radical (unpaired) electrons. The molecule has 0 saturated carbocycles. The first-order valence-corrected chi connectivity index (χ1v) is 2.96. The van der Waals surface area contributed by atoms with E-state index in [1.54, 1.807) is 0 Å². The van der Waals surface area contributed by atoms with Gasteiger partial charge in [0.25, 0.3) is 0 Å². The third-order valence-corrected chi connectivity index (χ3v) is 0.766. The molecule has 0 heteroatoms. The summed E-state index contributed by atoms with van der Waals surface area (Å²) in [5, 5.41) is 0. The average Bonchev–Trinajstić information content (AvgIpc) is 1.61. The first-order chi connectivity index (χ1) is 3.63. The van der Waals surface area contributed by atoms with E-state index in [-0.39, 0.29) is 0 Å². The maximum absolute atomic E-state index is 3.74. The van der Waals surface area contributed by atoms with Gasteiger partial charge in [-0.25, -0.2) is 0 Å². The van der Waals surface area contributed by atoms with Crippen LogP contribution in [0.3, 0.4) is 0 Å². The van der Waals surface area contributed by atoms with Crippen LogP contribution in [-0.2, 0) is 0 Å². The fourth-order valence-corrected chi connectivity index (χ4v) is 0.357. The highest BCUT2D eigenvalue weighted by Crippen LogP contribution is 1.96. The van der Waals surface area contributed by atoms with Gasteiger partial charge in [-0.1, -0.05) is 38.2 Å². The van der Waals surface area contributed by atoms with Gasteiger partial charge in [-0.15, -0.1) is 0 Å². The molecule has 0 aromatic carbocycles. The third kappa shape index (κ3) is 5.48. The third-order valence-electron chi connectivity index (χ3n) is 0.766. The highest BCUT2D eigenvalue weighted by atomic mass is 13.9. The highest BCUT2D eigenvalue weighted by molar-refractivity contribution is 5.11. The molecule has 0 aromatic heterocycles. The topological polar surface area (TPSA) is 0 Å². The molecule has 0 aromatic rings. The number of hydrogen-bond donors (Lipinski definition) is 0. The summed E-state index contributed by atoms with van der Waals surface area (Å²) in [4.78, 5) is 0. The summed E-state index contributed by atoms with van der Waals surface area (Å²) >= 11 is 0. The molecule has 0 N–H and O–H groups in total. The van der Waals surface area contributed by atoms with E-state index in [0.29, 0.717) is 5.92 Å². The predicted molar refractivity (Wildman–Crippen MR) is 38.8 cm³/mol. The maximum Gasteiger partial charge on any atom is -0.0287 e. The standard InChI is InChI=1S/C8H14/c1-7(2)5-6-8(3)4/h5-6,8H,1H2,2-4H3/b6-5-. The second kappa shape index (κ2) is 3.48. The Morgan fingerprint density at radius 1 is 1.50 bits per heavy atom. The van der Waals surface area contributed by atoms with Crippen LogP contribution in [0.5, 0.6) is 0 Å². The molecular formula is C8H14. The van der Waals surface area contributed by atoms with Crippen molar-refractivity contribution >= 4 is 0 Å². The lowest BCUT2D eigenvalue weighted by atomic mass is 10.2. The minimum absolute atomic E-state index is 0.645. The first-order valence-electron chi connectivity index (χ1n) is 2.96. The molecule has 0 fully saturated rings. The van der Waals surface area contributed by atoms with Gasteiger partial charge in [0.05, 0.1) is 0 Å². The summed E-state index contributed by atoms with van der Waals surface area (Å²) in [6.07, 6.45) is 4.19. The van der Waals surface area contributed by atoms with E-state index in [4.69, 9.17) is 0 Å². The van der Waals surface area contributed by atoms with E-state index in [0.717, 1.165) is 5.57 Å². The van der Waals surface area contributed by atoms with Crippen molar-refractivity contribution in [1.82, 2.24) is 0 Å². The van der Waals surface area contributed by atoms with Crippen LogP contribution in [0.25, 0.3) is 0 Å². The lowest BCUT2D eigenvalue weighted by Gasteiger charge is -1.91. The molecule has 0 heterocycles. The Bertz CT molecular complexity index is 96.6. The molecule has 46 valence electrons. The molecule has 0 amide bonds. The van der Waals surface area contributed by atoms with E-state index >= 15 is 0 Å². The smallest absolute Gasteiger partial charge is 0.0287 e. The van der Waals surface area contributed by atoms with Crippen LogP contribution < -0.4 is 0 Å². The van der Waals surface area contributed by atoms with Crippen LogP contribution in [0.1, 0.15) is 20.8 Å². The van der Waals surface area contributed by atoms with Crippen molar-refractivity contribution in [1.29, 1.82) is 0 Å². The SMILES string of the molecule is C=C(C)/C=C\C(C)C. The van der Waals surface area contributed by atoms with Crippen molar-refractivity contribution in [3.8, 4) is 0 Å². The van der Waals surface area contributed by atoms with Crippen LogP contribution >= 0.6 is 0 Å². The zero-order valence-electron chi connectivity index (χ0n) is 5.94. The average molecular weight is 110 g/mol. The van der Waals surface area contributed by atoms with Crippen molar-refractivity contribution in [3.63, 3.8) is 0 Å². The van der Waals surface area contributed by atoms with Gasteiger partial charge >= 0.3 is 0 Å². The summed E-state index contributed by atoms with van der Waals surface area (Å²) < 4.78 is 0. The molecule has 0 saturated heterocycles. The Balaban J connectivity index is 3.50. The molecule has 0 spiro atoms. The van der Waals surface area contributed by atoms with E-state index < -0.39 is 0 Å². The quantitative estimate of drug-likeness (QED) is 0.479. The minimum Gasteiger partial charge on any atom is -0.0961 e. The minimum atomic E-state index is 0.645. The van der Waals surface area contributed by atoms with E-state index in [1.165, 1.54) is 0 Å². The van der Waals surface area contributed by atoms with E-state index in [2.05, 4.69) is 26.5 Å². The molecule has 0 rings (SSSR count). The zero-order chi connectivity index (χ0) is 6.57. The normalized spacial score (nSPS) is 11.0. The van der Waals surface area contributed by atoms with Crippen molar-refractivity contribution in [3.05, 3.63) is 24.3 Å². The Hall–Kier alpha value is -0.520. The van der Waals surface area contributed by atoms with E-state index in [9.17, 15) is 0 Å².